The Labute approximate surface area is 128 Å². The van der Waals surface area contributed by atoms with Crippen LogP contribution in [0.25, 0.3) is 0 Å². The lowest BCUT2D eigenvalue weighted by Crippen LogP contribution is -2.71. The van der Waals surface area contributed by atoms with Crippen molar-refractivity contribution >= 4 is 10.5 Å². The molecule has 0 amide bonds. The Kier molecular flexibility index (Phi) is 6.02. The van der Waals surface area contributed by atoms with Crippen molar-refractivity contribution in [3.8, 4) is 0 Å². The third-order valence-electron chi connectivity index (χ3n) is 2.99. The van der Waals surface area contributed by atoms with Crippen LogP contribution in [0.5, 0.6) is 0 Å². The van der Waals surface area contributed by atoms with Crippen molar-refractivity contribution in [3.05, 3.63) is 0 Å². The summed E-state index contributed by atoms with van der Waals surface area (Å²) in [6.45, 7) is -1.20. The van der Waals surface area contributed by atoms with Crippen LogP contribution in [0.2, 0.25) is 0 Å². The van der Waals surface area contributed by atoms with Crippen LogP contribution in [-0.2, 0) is 4.43 Å². The maximum atomic E-state index is 13.3. The Morgan fingerprint density at radius 2 is 1.00 bits per heavy atom. The van der Waals surface area contributed by atoms with Gasteiger partial charge in [0.15, 0.2) is 0 Å². The molecule has 0 aliphatic heterocycles. The molecule has 0 heterocycles. The highest BCUT2D eigenvalue weighted by Crippen LogP contribution is 2.61. The second-order valence-corrected chi connectivity index (χ2v) is 5.35. The lowest BCUT2D eigenvalue weighted by Gasteiger charge is -2.41. The molecule has 0 aromatic rings. The van der Waals surface area contributed by atoms with E-state index in [9.17, 15) is 57.1 Å². The fourth-order valence-corrected chi connectivity index (χ4v) is 1.95. The van der Waals surface area contributed by atoms with E-state index in [-0.39, 0.29) is 17.4 Å². The third kappa shape index (κ3) is 3.08. The highest BCUT2D eigenvalue weighted by Gasteiger charge is 2.91. The van der Waals surface area contributed by atoms with E-state index >= 15 is 0 Å². The molecule has 0 aromatic heterocycles. The van der Waals surface area contributed by atoms with E-state index in [2.05, 4.69) is 4.43 Å². The van der Waals surface area contributed by atoms with Crippen LogP contribution in [0.1, 0.15) is 6.92 Å². The van der Waals surface area contributed by atoms with Gasteiger partial charge in [-0.15, -0.1) is 0 Å². The van der Waals surface area contributed by atoms with Gasteiger partial charge in [0.25, 0.3) is 0 Å². The second-order valence-electron chi connectivity index (χ2n) is 4.77. The Hall–Kier alpha value is -0.733. The molecule has 0 radical (unpaired) electrons. The van der Waals surface area contributed by atoms with Gasteiger partial charge in [-0.2, -0.15) is 57.1 Å². The number of halogens is 13. The minimum atomic E-state index is -7.85. The average molecular weight is 408 g/mol. The summed E-state index contributed by atoms with van der Waals surface area (Å²) in [7, 11) is -0.359. The SMILES string of the molecule is CC(CO[SiH3])C(F)(F)C(F)(F)C(F)(F)C(F)(F)C(F)(F)C(F)(F)F. The van der Waals surface area contributed by atoms with Gasteiger partial charge in [-0.05, 0) is 0 Å². The predicted octanol–water partition coefficient (Wildman–Crippen LogP) is 3.66. The highest BCUT2D eigenvalue weighted by molar-refractivity contribution is 5.97. The zero-order valence-corrected chi connectivity index (χ0v) is 13.6. The fourth-order valence-electron chi connectivity index (χ4n) is 1.45. The van der Waals surface area contributed by atoms with Crippen LogP contribution in [0.15, 0.2) is 0 Å². The van der Waals surface area contributed by atoms with Crippen LogP contribution >= 0.6 is 0 Å². The van der Waals surface area contributed by atoms with Crippen LogP contribution in [0, 0.1) is 5.92 Å². The topological polar surface area (TPSA) is 9.23 Å². The van der Waals surface area contributed by atoms with Crippen molar-refractivity contribution in [2.75, 3.05) is 6.61 Å². The average Bonchev–Trinajstić information content (AvgIpc) is 2.36. The molecule has 0 rings (SSSR count). The molecule has 0 bridgehead atoms. The number of rotatable bonds is 7. The van der Waals surface area contributed by atoms with Gasteiger partial charge in [-0.3, -0.25) is 0 Å². The summed E-state index contributed by atoms with van der Waals surface area (Å²) in [5, 5.41) is 0. The van der Waals surface area contributed by atoms with Gasteiger partial charge < -0.3 is 4.43 Å². The van der Waals surface area contributed by atoms with Gasteiger partial charge in [-0.25, -0.2) is 0 Å². The largest absolute Gasteiger partial charge is 0.460 e. The van der Waals surface area contributed by atoms with Crippen molar-refractivity contribution in [2.45, 2.75) is 42.7 Å². The van der Waals surface area contributed by atoms with Crippen molar-refractivity contribution in [1.82, 2.24) is 0 Å². The quantitative estimate of drug-likeness (QED) is 0.462. The van der Waals surface area contributed by atoms with E-state index in [0.29, 0.717) is 0 Å². The number of hydrogen-bond acceptors (Lipinski definition) is 1. The number of alkyl halides is 13. The number of hydrogen-bond donors (Lipinski definition) is 0. The van der Waals surface area contributed by atoms with Gasteiger partial charge in [0.2, 0.25) is 0 Å². The minimum absolute atomic E-state index is 0.141. The van der Waals surface area contributed by atoms with E-state index in [1.165, 1.54) is 0 Å². The molecule has 1 unspecified atom stereocenters. The van der Waals surface area contributed by atoms with Crippen molar-refractivity contribution in [2.24, 2.45) is 5.92 Å². The van der Waals surface area contributed by atoms with Crippen LogP contribution in [-0.4, -0.2) is 52.9 Å². The first-order valence-electron chi connectivity index (χ1n) is 5.68. The van der Waals surface area contributed by atoms with Crippen LogP contribution in [0.4, 0.5) is 57.1 Å². The summed E-state index contributed by atoms with van der Waals surface area (Å²) in [6, 6.07) is 0. The molecule has 24 heavy (non-hydrogen) atoms. The lowest BCUT2D eigenvalue weighted by molar-refractivity contribution is -0.443. The molecular weight excluding hydrogens is 399 g/mol. The van der Waals surface area contributed by atoms with Gasteiger partial charge in [0.1, 0.15) is 10.5 Å². The molecule has 0 saturated carbocycles. The smallest absolute Gasteiger partial charge is 0.427 e. The van der Waals surface area contributed by atoms with E-state index in [1.807, 2.05) is 0 Å². The van der Waals surface area contributed by atoms with Gasteiger partial charge in [0, 0.05) is 12.5 Å². The predicted molar refractivity (Wildman–Crippen MR) is 55.8 cm³/mol. The summed E-state index contributed by atoms with van der Waals surface area (Å²) < 4.78 is 170. The monoisotopic (exact) mass is 408 g/mol. The molecular formula is C9H9F13OSi. The Bertz CT molecular complexity index is 443. The molecule has 0 aliphatic carbocycles. The summed E-state index contributed by atoms with van der Waals surface area (Å²) in [5.74, 6) is -39.5. The van der Waals surface area contributed by atoms with Crippen molar-refractivity contribution in [1.29, 1.82) is 0 Å². The molecule has 0 aliphatic rings. The first-order chi connectivity index (χ1) is 10.2. The van der Waals surface area contributed by atoms with Crippen molar-refractivity contribution < 1.29 is 61.5 Å². The first kappa shape index (κ1) is 23.3. The normalized spacial score (nSPS) is 17.2. The van der Waals surface area contributed by atoms with E-state index in [4.69, 9.17) is 0 Å². The third-order valence-corrected chi connectivity index (χ3v) is 3.33. The van der Waals surface area contributed by atoms with Crippen molar-refractivity contribution in [3.63, 3.8) is 0 Å². The molecule has 1 nitrogen and oxygen atoms in total. The van der Waals surface area contributed by atoms with E-state index < -0.39 is 48.3 Å². The lowest BCUT2D eigenvalue weighted by atomic mass is 9.88. The summed E-state index contributed by atoms with van der Waals surface area (Å²) in [4.78, 5) is 0. The summed E-state index contributed by atoms with van der Waals surface area (Å²) >= 11 is 0. The van der Waals surface area contributed by atoms with Gasteiger partial charge in [0.05, 0.1) is 0 Å². The highest BCUT2D eigenvalue weighted by atomic mass is 28.2. The molecule has 0 N–H and O–H groups in total. The molecule has 146 valence electrons. The minimum Gasteiger partial charge on any atom is -0.427 e. The van der Waals surface area contributed by atoms with Crippen LogP contribution in [0.3, 0.4) is 0 Å². The zero-order chi connectivity index (χ0) is 20.0. The Balaban J connectivity index is 6.20. The standard InChI is InChI=1S/C9H9F13OSi/c1-3(2-23-24)4(10,11)5(12,13)6(14,15)7(16,17)8(18,19)9(20,21)22/h3H,2H2,1,24H3. The van der Waals surface area contributed by atoms with Gasteiger partial charge >= 0.3 is 35.8 Å². The second kappa shape index (κ2) is 6.21. The molecule has 1 atom stereocenters. The summed E-state index contributed by atoms with van der Waals surface area (Å²) in [6.07, 6.45) is -7.39. The molecule has 15 heteroatoms. The Morgan fingerprint density at radius 1 is 0.667 bits per heavy atom. The molecule has 0 saturated heterocycles. The Morgan fingerprint density at radius 3 is 1.29 bits per heavy atom. The van der Waals surface area contributed by atoms with E-state index in [0.717, 1.165) is 0 Å². The molecule has 0 spiro atoms. The summed E-state index contributed by atoms with van der Waals surface area (Å²) in [5.41, 5.74) is 0. The van der Waals surface area contributed by atoms with Crippen LogP contribution < -0.4 is 0 Å². The fraction of sp³-hybridized carbons (Fsp3) is 1.00. The molecule has 0 aromatic carbocycles. The first-order valence-corrected chi connectivity index (χ1v) is 6.49. The maximum absolute atomic E-state index is 13.3. The van der Waals surface area contributed by atoms with Gasteiger partial charge in [-0.1, -0.05) is 6.92 Å². The zero-order valence-electron chi connectivity index (χ0n) is 11.6. The maximum Gasteiger partial charge on any atom is 0.460 e. The van der Waals surface area contributed by atoms with E-state index in [1.54, 1.807) is 0 Å². The molecule has 0 fully saturated rings.